The van der Waals surface area contributed by atoms with Crippen LogP contribution < -0.4 is 108 Å². The molecule has 7 nitrogen and oxygen atoms in total. The zero-order valence-corrected chi connectivity index (χ0v) is 40.6. The van der Waals surface area contributed by atoms with Gasteiger partial charge in [0.2, 0.25) is 0 Å². The van der Waals surface area contributed by atoms with Crippen LogP contribution in [-0.2, 0) is 9.68 Å². The number of carbonyl (C=O) groups is 1. The van der Waals surface area contributed by atoms with Crippen molar-refractivity contribution in [1.82, 2.24) is 0 Å². The molecular weight excluding hydrogens is 910 g/mol. The van der Waals surface area contributed by atoms with Gasteiger partial charge in [0, 0.05) is 76.0 Å². The number of hydrogen-bond donors (Lipinski definition) is 2. The van der Waals surface area contributed by atoms with Crippen molar-refractivity contribution in [3.05, 3.63) is 153 Å². The zero-order chi connectivity index (χ0) is 40.8. The molecule has 60 heavy (non-hydrogen) atoms. The number of rotatable bonds is 3. The fraction of sp³-hybridized carbons (Fsp3) is 0. The first-order valence-corrected chi connectivity index (χ1v) is 18.6. The van der Waals surface area contributed by atoms with Crippen LogP contribution in [0.1, 0.15) is 1.43 Å². The minimum absolute atomic E-state index is 0. The van der Waals surface area contributed by atoms with Crippen LogP contribution in [0.25, 0.3) is 87.7 Å². The predicted molar refractivity (Wildman–Crippen MR) is 225 cm³/mol. The van der Waals surface area contributed by atoms with E-state index >= 15 is 0 Å². The fourth-order valence-corrected chi connectivity index (χ4v) is 7.56. The van der Waals surface area contributed by atoms with Gasteiger partial charge in [-0.1, -0.05) is 46.4 Å². The summed E-state index contributed by atoms with van der Waals surface area (Å²) >= 11 is 23.8. The maximum Gasteiger partial charge on any atom is 1.00 e. The van der Waals surface area contributed by atoms with Crippen molar-refractivity contribution in [3.63, 3.8) is 0 Å². The number of aromatic hydroxyl groups is 2. The topological polar surface area (TPSA) is 116 Å². The molecule has 0 unspecified atom stereocenters. The summed E-state index contributed by atoms with van der Waals surface area (Å²) in [6.07, 6.45) is 0. The maximum atomic E-state index is 14.3. The Morgan fingerprint density at radius 1 is 0.483 bits per heavy atom. The second kappa shape index (κ2) is 19.7. The first-order valence-electron chi connectivity index (χ1n) is 17.1. The molecular formula is C45H24Cl4F2K2O7. The molecule has 0 spiro atoms. The van der Waals surface area contributed by atoms with Crippen LogP contribution in [0.15, 0.2) is 130 Å². The second-order valence-corrected chi connectivity index (χ2v) is 14.8. The Bertz CT molecular complexity index is 3060. The molecule has 10 aromatic rings. The molecule has 290 valence electrons. The van der Waals surface area contributed by atoms with Gasteiger partial charge < -0.3 is 30.6 Å². The van der Waals surface area contributed by atoms with E-state index in [4.69, 9.17) is 65.3 Å². The smallest absolute Gasteiger partial charge is 1.00 e. The van der Waals surface area contributed by atoms with E-state index in [1.165, 1.54) is 36.4 Å². The van der Waals surface area contributed by atoms with Gasteiger partial charge in [-0.25, -0.2) is 8.78 Å². The molecule has 0 bridgehead atoms. The van der Waals surface area contributed by atoms with Crippen LogP contribution >= 0.6 is 46.4 Å². The molecule has 0 saturated carbocycles. The number of carbonyl (C=O) groups excluding carboxylic acids is 1. The van der Waals surface area contributed by atoms with Gasteiger partial charge in [0.1, 0.15) is 45.5 Å². The van der Waals surface area contributed by atoms with Crippen molar-refractivity contribution < 1.29 is 147 Å². The summed E-state index contributed by atoms with van der Waals surface area (Å²) in [6.45, 7) is -0.181. The number of furan rings is 2. The standard InChI is InChI=1S/C22H12Cl2F2O2.C22H10Cl2O2.CH2O3.2K.H/c23-13-1-3-15(19(25)9-13)17-5-11-8-22(28)18(6-12(11)7-21(17)27)16-4-2-14(24)10-20(16)26;23-13-1-3-15-17-5-11-8-20-18(16-4-2-14(24)10-22(16)26-20)6-12(11)7-19(17)25-21(15)9-13;2-1-4-3;;;/h1-10,27-28H;1-10H;1,3H;;;/q;;;2*+1;-1/p-1. The Balaban J connectivity index is 0.000000203. The van der Waals surface area contributed by atoms with Crippen LogP contribution in [-0.4, -0.2) is 16.7 Å². The van der Waals surface area contributed by atoms with E-state index in [9.17, 15) is 19.0 Å². The summed E-state index contributed by atoms with van der Waals surface area (Å²) in [6, 6.07) is 34.2. The van der Waals surface area contributed by atoms with E-state index in [1.807, 2.05) is 36.4 Å². The van der Waals surface area contributed by atoms with Crippen LogP contribution in [0.4, 0.5) is 8.78 Å². The van der Waals surface area contributed by atoms with Gasteiger partial charge in [0.15, 0.2) is 0 Å². The Morgan fingerprint density at radius 3 is 1.18 bits per heavy atom. The van der Waals surface area contributed by atoms with Gasteiger partial charge in [0.05, 0.1) is 0 Å². The van der Waals surface area contributed by atoms with Gasteiger partial charge >= 0.3 is 103 Å². The van der Waals surface area contributed by atoms with Crippen molar-refractivity contribution in [3.8, 4) is 33.8 Å². The van der Waals surface area contributed by atoms with Crippen molar-refractivity contribution in [1.29, 1.82) is 0 Å². The quantitative estimate of drug-likeness (QED) is 0.0809. The Labute approximate surface area is 445 Å². The maximum absolute atomic E-state index is 14.3. The van der Waals surface area contributed by atoms with Crippen molar-refractivity contribution in [2.75, 3.05) is 0 Å². The first kappa shape index (κ1) is 46.7. The summed E-state index contributed by atoms with van der Waals surface area (Å²) in [5, 5.41) is 38.7. The number of phenols is 2. The molecule has 8 aromatic carbocycles. The largest absolute Gasteiger partial charge is 1.00 e. The van der Waals surface area contributed by atoms with Crippen molar-refractivity contribution >= 4 is 118 Å². The summed E-state index contributed by atoms with van der Waals surface area (Å²) < 4.78 is 40.5. The van der Waals surface area contributed by atoms with E-state index in [1.54, 1.807) is 12.1 Å². The Hall–Kier alpha value is -2.80. The number of benzene rings is 8. The molecule has 0 atom stereocenters. The van der Waals surface area contributed by atoms with Crippen LogP contribution in [0.2, 0.25) is 20.1 Å². The third kappa shape index (κ3) is 9.57. The number of phenolic OH excluding ortho intramolecular Hbond substituents is 2. The van der Waals surface area contributed by atoms with Gasteiger partial charge in [-0.15, -0.1) is 0 Å². The summed E-state index contributed by atoms with van der Waals surface area (Å²) in [5.74, 6) is -1.46. The van der Waals surface area contributed by atoms with Crippen LogP contribution in [0.3, 0.4) is 0 Å². The van der Waals surface area contributed by atoms with Gasteiger partial charge in [-0.05, 0) is 131 Å². The minimum Gasteiger partial charge on any atom is -1.00 e. The summed E-state index contributed by atoms with van der Waals surface area (Å²) in [5.41, 5.74) is 4.17. The summed E-state index contributed by atoms with van der Waals surface area (Å²) in [4.78, 5) is 11.2. The molecule has 0 amide bonds. The molecule has 2 aromatic heterocycles. The SMILES string of the molecule is Clc1ccc2c(c1)oc1cc3cc4c(cc3cc12)oc1cc(Cl)ccc14.O=CO[O-].Oc1cc2cc(-c3ccc(Cl)cc3F)c(O)cc2cc1-c1ccc(Cl)cc1F.[H-].[K+].[K+]. The average Bonchev–Trinajstić information content (AvgIpc) is 3.72. The third-order valence-electron chi connectivity index (χ3n) is 9.50. The predicted octanol–water partition coefficient (Wildman–Crippen LogP) is 7.67. The number of hydrogen-bond acceptors (Lipinski definition) is 7. The van der Waals surface area contributed by atoms with Gasteiger partial charge in [-0.2, -0.15) is 0 Å². The minimum atomic E-state index is -0.578. The Morgan fingerprint density at radius 2 is 0.817 bits per heavy atom. The van der Waals surface area contributed by atoms with Crippen LogP contribution in [0, 0.1) is 11.6 Å². The molecule has 0 fully saturated rings. The zero-order valence-electron chi connectivity index (χ0n) is 32.3. The molecule has 0 aliphatic heterocycles. The van der Waals surface area contributed by atoms with E-state index in [-0.39, 0.29) is 154 Å². The molecule has 2 heterocycles. The Kier molecular flexibility index (Phi) is 15.3. The molecule has 10 rings (SSSR count). The number of fused-ring (bicyclic) bond motifs is 8. The third-order valence-corrected chi connectivity index (χ3v) is 10.4. The second-order valence-electron chi connectivity index (χ2n) is 13.1. The molecule has 0 aliphatic rings. The molecule has 15 heteroatoms. The molecule has 0 saturated heterocycles. The van der Waals surface area contributed by atoms with Gasteiger partial charge in [-0.3, -0.25) is 4.79 Å². The van der Waals surface area contributed by atoms with Crippen molar-refractivity contribution in [2.24, 2.45) is 0 Å². The van der Waals surface area contributed by atoms with E-state index in [0.717, 1.165) is 66.8 Å². The molecule has 0 aliphatic carbocycles. The monoisotopic (exact) mass is 932 g/mol. The van der Waals surface area contributed by atoms with Crippen molar-refractivity contribution in [2.45, 2.75) is 0 Å². The first-order chi connectivity index (χ1) is 27.9. The average molecular weight is 935 g/mol. The normalized spacial score (nSPS) is 10.8. The molecule has 2 N–H and O–H groups in total. The molecule has 0 radical (unpaired) electrons. The number of halogens is 6. The summed E-state index contributed by atoms with van der Waals surface area (Å²) in [7, 11) is 0. The van der Waals surface area contributed by atoms with E-state index in [2.05, 4.69) is 29.2 Å². The fourth-order valence-electron chi connectivity index (χ4n) is 6.91. The van der Waals surface area contributed by atoms with E-state index in [0.29, 0.717) is 20.8 Å². The van der Waals surface area contributed by atoms with Crippen LogP contribution in [0.5, 0.6) is 11.5 Å². The van der Waals surface area contributed by atoms with Gasteiger partial charge in [0.25, 0.3) is 6.47 Å². The van der Waals surface area contributed by atoms with E-state index < -0.39 is 11.6 Å².